The van der Waals surface area contributed by atoms with E-state index >= 15 is 0 Å². The normalized spacial score (nSPS) is 10.5. The van der Waals surface area contributed by atoms with Gasteiger partial charge in [-0.2, -0.15) is 12.6 Å². The molecule has 1 aromatic rings. The fourth-order valence-corrected chi connectivity index (χ4v) is 1.10. The molecule has 13 heavy (non-hydrogen) atoms. The van der Waals surface area contributed by atoms with E-state index in [0.29, 0.717) is 5.56 Å². The molecule has 0 aliphatic heterocycles. The molecule has 0 fully saturated rings. The molecule has 1 rings (SSSR count). The second-order valence-corrected chi connectivity index (χ2v) is 2.98. The van der Waals surface area contributed by atoms with Crippen LogP contribution in [0.5, 0.6) is 0 Å². The SMILES string of the molecule is O=Cc1ccncc1C=CCCS. The zero-order valence-electron chi connectivity index (χ0n) is 7.18. The topological polar surface area (TPSA) is 30.0 Å². The number of rotatable bonds is 4. The third kappa shape index (κ3) is 3.03. The highest BCUT2D eigenvalue weighted by Crippen LogP contribution is 2.06. The Balaban J connectivity index is 2.80. The number of carbonyl (C=O) groups is 1. The van der Waals surface area contributed by atoms with Gasteiger partial charge >= 0.3 is 0 Å². The van der Waals surface area contributed by atoms with Crippen LogP contribution < -0.4 is 0 Å². The van der Waals surface area contributed by atoms with Gasteiger partial charge in [0.1, 0.15) is 0 Å². The van der Waals surface area contributed by atoms with E-state index in [-0.39, 0.29) is 0 Å². The van der Waals surface area contributed by atoms with Crippen LogP contribution in [0.3, 0.4) is 0 Å². The molecule has 0 spiro atoms. The Morgan fingerprint density at radius 2 is 2.31 bits per heavy atom. The molecule has 0 atom stereocenters. The summed E-state index contributed by atoms with van der Waals surface area (Å²) >= 11 is 4.08. The van der Waals surface area contributed by atoms with Gasteiger partial charge in [0.05, 0.1) is 0 Å². The molecule has 0 saturated carbocycles. The molecule has 0 unspecified atom stereocenters. The molecule has 0 radical (unpaired) electrons. The zero-order chi connectivity index (χ0) is 9.52. The minimum atomic E-state index is 0.672. The van der Waals surface area contributed by atoms with E-state index < -0.39 is 0 Å². The van der Waals surface area contributed by atoms with Gasteiger partial charge in [0.25, 0.3) is 0 Å². The van der Waals surface area contributed by atoms with Crippen LogP contribution in [0, 0.1) is 0 Å². The first-order valence-electron chi connectivity index (χ1n) is 4.05. The molecule has 3 heteroatoms. The molecule has 1 aromatic heterocycles. The Bertz CT molecular complexity index is 310. The second kappa shape index (κ2) is 5.54. The van der Waals surface area contributed by atoms with E-state index in [9.17, 15) is 4.79 Å². The minimum absolute atomic E-state index is 0.672. The quantitative estimate of drug-likeness (QED) is 0.587. The van der Waals surface area contributed by atoms with Crippen molar-refractivity contribution in [2.75, 3.05) is 5.75 Å². The number of carbonyl (C=O) groups excluding carboxylic acids is 1. The van der Waals surface area contributed by atoms with Gasteiger partial charge in [-0.15, -0.1) is 0 Å². The number of aldehydes is 1. The summed E-state index contributed by atoms with van der Waals surface area (Å²) in [5.74, 6) is 0.813. The van der Waals surface area contributed by atoms with Crippen molar-refractivity contribution in [2.45, 2.75) is 6.42 Å². The van der Waals surface area contributed by atoms with Crippen LogP contribution in [0.2, 0.25) is 0 Å². The Morgan fingerprint density at radius 1 is 1.46 bits per heavy atom. The number of pyridine rings is 1. The summed E-state index contributed by atoms with van der Waals surface area (Å²) in [4.78, 5) is 14.5. The first-order chi connectivity index (χ1) is 6.38. The summed E-state index contributed by atoms with van der Waals surface area (Å²) < 4.78 is 0. The van der Waals surface area contributed by atoms with Crippen LogP contribution in [-0.4, -0.2) is 17.0 Å². The second-order valence-electron chi connectivity index (χ2n) is 2.54. The Morgan fingerprint density at radius 3 is 3.00 bits per heavy atom. The highest BCUT2D eigenvalue weighted by molar-refractivity contribution is 7.80. The third-order valence-corrected chi connectivity index (χ3v) is 1.87. The highest BCUT2D eigenvalue weighted by atomic mass is 32.1. The van der Waals surface area contributed by atoms with E-state index in [1.165, 1.54) is 0 Å². The van der Waals surface area contributed by atoms with Crippen molar-refractivity contribution in [3.63, 3.8) is 0 Å². The molecule has 2 nitrogen and oxygen atoms in total. The molecule has 0 aliphatic carbocycles. The predicted molar refractivity (Wildman–Crippen MR) is 57.1 cm³/mol. The van der Waals surface area contributed by atoms with Crippen molar-refractivity contribution in [1.82, 2.24) is 4.98 Å². The van der Waals surface area contributed by atoms with Crippen LogP contribution in [-0.2, 0) is 0 Å². The molecule has 0 aromatic carbocycles. The van der Waals surface area contributed by atoms with Crippen LogP contribution in [0.25, 0.3) is 6.08 Å². The fraction of sp³-hybridized carbons (Fsp3) is 0.200. The third-order valence-electron chi connectivity index (χ3n) is 1.61. The van der Waals surface area contributed by atoms with Crippen molar-refractivity contribution < 1.29 is 4.79 Å². The maximum atomic E-state index is 10.6. The van der Waals surface area contributed by atoms with Crippen molar-refractivity contribution in [1.29, 1.82) is 0 Å². The number of hydrogen-bond donors (Lipinski definition) is 1. The van der Waals surface area contributed by atoms with Gasteiger partial charge in [-0.3, -0.25) is 9.78 Å². The molecule has 1 heterocycles. The summed E-state index contributed by atoms with van der Waals surface area (Å²) in [6.07, 6.45) is 8.90. The Labute approximate surface area is 83.1 Å². The number of allylic oxidation sites excluding steroid dienone is 1. The number of hydrogen-bond acceptors (Lipinski definition) is 3. The van der Waals surface area contributed by atoms with E-state index in [0.717, 1.165) is 24.0 Å². The average Bonchev–Trinajstić information content (AvgIpc) is 2.19. The minimum Gasteiger partial charge on any atom is -0.298 e. The van der Waals surface area contributed by atoms with Crippen LogP contribution >= 0.6 is 12.6 Å². The maximum Gasteiger partial charge on any atom is 0.150 e. The molecule has 0 N–H and O–H groups in total. The fourth-order valence-electron chi connectivity index (χ4n) is 0.949. The zero-order valence-corrected chi connectivity index (χ0v) is 8.08. The molecular formula is C10H11NOS. The maximum absolute atomic E-state index is 10.6. The van der Waals surface area contributed by atoms with Gasteiger partial charge in [-0.1, -0.05) is 12.2 Å². The van der Waals surface area contributed by atoms with Gasteiger partial charge in [-0.25, -0.2) is 0 Å². The standard InChI is InChI=1S/C10H11NOS/c12-8-10-4-5-11-7-9(10)3-1-2-6-13/h1,3-5,7-8,13H,2,6H2. The molecule has 0 amide bonds. The summed E-state index contributed by atoms with van der Waals surface area (Å²) in [6, 6.07) is 1.70. The molecule has 68 valence electrons. The van der Waals surface area contributed by atoms with Gasteiger partial charge < -0.3 is 0 Å². The van der Waals surface area contributed by atoms with Crippen LogP contribution in [0.1, 0.15) is 22.3 Å². The lowest BCUT2D eigenvalue weighted by Gasteiger charge is -1.95. The molecular weight excluding hydrogens is 182 g/mol. The summed E-state index contributed by atoms with van der Waals surface area (Å²) in [7, 11) is 0. The molecule has 0 aliphatic rings. The number of nitrogens with zero attached hydrogens (tertiary/aromatic N) is 1. The first-order valence-corrected chi connectivity index (χ1v) is 4.68. The first kappa shape index (κ1) is 9.99. The van der Waals surface area contributed by atoms with Gasteiger partial charge in [-0.05, 0) is 18.2 Å². The van der Waals surface area contributed by atoms with Crippen LogP contribution in [0.4, 0.5) is 0 Å². The summed E-state index contributed by atoms with van der Waals surface area (Å²) in [5.41, 5.74) is 1.53. The summed E-state index contributed by atoms with van der Waals surface area (Å²) in [5, 5.41) is 0. The summed E-state index contributed by atoms with van der Waals surface area (Å²) in [6.45, 7) is 0. The van der Waals surface area contributed by atoms with Crippen molar-refractivity contribution in [2.24, 2.45) is 0 Å². The Hall–Kier alpha value is -1.09. The average molecular weight is 193 g/mol. The van der Waals surface area contributed by atoms with Gasteiger partial charge in [0.15, 0.2) is 6.29 Å². The Kier molecular flexibility index (Phi) is 4.26. The van der Waals surface area contributed by atoms with Crippen molar-refractivity contribution >= 4 is 25.0 Å². The van der Waals surface area contributed by atoms with Crippen LogP contribution in [0.15, 0.2) is 24.5 Å². The van der Waals surface area contributed by atoms with Crippen molar-refractivity contribution in [3.05, 3.63) is 35.7 Å². The smallest absolute Gasteiger partial charge is 0.150 e. The van der Waals surface area contributed by atoms with E-state index in [2.05, 4.69) is 17.6 Å². The van der Waals surface area contributed by atoms with Gasteiger partial charge in [0.2, 0.25) is 0 Å². The largest absolute Gasteiger partial charge is 0.298 e. The lowest BCUT2D eigenvalue weighted by atomic mass is 10.1. The lowest BCUT2D eigenvalue weighted by Crippen LogP contribution is -1.86. The lowest BCUT2D eigenvalue weighted by molar-refractivity contribution is 0.112. The number of aromatic nitrogens is 1. The molecule has 0 bridgehead atoms. The van der Waals surface area contributed by atoms with E-state index in [4.69, 9.17) is 0 Å². The van der Waals surface area contributed by atoms with E-state index in [1.807, 2.05) is 12.2 Å². The monoisotopic (exact) mass is 193 g/mol. The van der Waals surface area contributed by atoms with Crippen molar-refractivity contribution in [3.8, 4) is 0 Å². The number of thiol groups is 1. The van der Waals surface area contributed by atoms with Gasteiger partial charge in [0, 0.05) is 23.5 Å². The molecule has 0 saturated heterocycles. The van der Waals surface area contributed by atoms with E-state index in [1.54, 1.807) is 18.5 Å². The highest BCUT2D eigenvalue weighted by Gasteiger charge is 1.95. The predicted octanol–water partition coefficient (Wildman–Crippen LogP) is 2.23.